The van der Waals surface area contributed by atoms with Gasteiger partial charge < -0.3 is 0 Å². The zero-order valence-electron chi connectivity index (χ0n) is 8.28. The molecular weight excluding hydrogens is 248 g/mol. The van der Waals surface area contributed by atoms with Gasteiger partial charge in [0.1, 0.15) is 0 Å². The summed E-state index contributed by atoms with van der Waals surface area (Å²) in [7, 11) is 0. The SMILES string of the molecule is BrC1C=Cc2ccc3ccccc3c2C1. The summed E-state index contributed by atoms with van der Waals surface area (Å²) < 4.78 is 0. The summed E-state index contributed by atoms with van der Waals surface area (Å²) in [6, 6.07) is 13.0. The second kappa shape index (κ2) is 3.49. The minimum Gasteiger partial charge on any atom is -0.0842 e. The summed E-state index contributed by atoms with van der Waals surface area (Å²) >= 11 is 3.66. The zero-order valence-corrected chi connectivity index (χ0v) is 9.87. The van der Waals surface area contributed by atoms with Crippen molar-refractivity contribution in [2.45, 2.75) is 11.2 Å². The Morgan fingerprint density at radius 3 is 2.87 bits per heavy atom. The highest BCUT2D eigenvalue weighted by atomic mass is 79.9. The number of halogens is 1. The highest BCUT2D eigenvalue weighted by Gasteiger charge is 2.13. The average molecular weight is 259 g/mol. The largest absolute Gasteiger partial charge is 0.0842 e. The van der Waals surface area contributed by atoms with Crippen LogP contribution in [0.4, 0.5) is 0 Å². The topological polar surface area (TPSA) is 0 Å². The van der Waals surface area contributed by atoms with Crippen LogP contribution in [0.5, 0.6) is 0 Å². The molecule has 1 unspecified atom stereocenters. The van der Waals surface area contributed by atoms with Gasteiger partial charge in [-0.05, 0) is 28.3 Å². The molecule has 3 rings (SSSR count). The van der Waals surface area contributed by atoms with E-state index in [0.717, 1.165) is 6.42 Å². The highest BCUT2D eigenvalue weighted by molar-refractivity contribution is 9.09. The lowest BCUT2D eigenvalue weighted by molar-refractivity contribution is 1.03. The van der Waals surface area contributed by atoms with Gasteiger partial charge in [-0.1, -0.05) is 64.5 Å². The molecule has 0 bridgehead atoms. The van der Waals surface area contributed by atoms with E-state index in [1.165, 1.54) is 21.9 Å². The van der Waals surface area contributed by atoms with Gasteiger partial charge in [0, 0.05) is 4.83 Å². The minimum atomic E-state index is 0.482. The molecule has 1 aliphatic rings. The quantitative estimate of drug-likeness (QED) is 0.623. The fraction of sp³-hybridized carbons (Fsp3) is 0.143. The van der Waals surface area contributed by atoms with Gasteiger partial charge >= 0.3 is 0 Å². The van der Waals surface area contributed by atoms with Gasteiger partial charge in [-0.3, -0.25) is 0 Å². The summed E-state index contributed by atoms with van der Waals surface area (Å²) in [6.45, 7) is 0. The number of alkyl halides is 1. The first-order chi connectivity index (χ1) is 7.34. The van der Waals surface area contributed by atoms with Crippen LogP contribution in [-0.4, -0.2) is 4.83 Å². The molecule has 0 aromatic heterocycles. The van der Waals surface area contributed by atoms with Crippen molar-refractivity contribution in [1.29, 1.82) is 0 Å². The Hall–Kier alpha value is -1.08. The van der Waals surface area contributed by atoms with Crippen molar-refractivity contribution >= 4 is 32.8 Å². The summed E-state index contributed by atoms with van der Waals surface area (Å²) in [5.74, 6) is 0. The van der Waals surface area contributed by atoms with Gasteiger partial charge in [0.15, 0.2) is 0 Å². The van der Waals surface area contributed by atoms with E-state index in [-0.39, 0.29) is 0 Å². The van der Waals surface area contributed by atoms with Gasteiger partial charge in [-0.15, -0.1) is 0 Å². The van der Waals surface area contributed by atoms with Crippen molar-refractivity contribution in [2.75, 3.05) is 0 Å². The van der Waals surface area contributed by atoms with Crippen LogP contribution in [-0.2, 0) is 6.42 Å². The van der Waals surface area contributed by atoms with E-state index in [1.807, 2.05) is 0 Å². The monoisotopic (exact) mass is 258 g/mol. The fourth-order valence-electron chi connectivity index (χ4n) is 2.21. The Balaban J connectivity index is 2.34. The molecule has 0 fully saturated rings. The average Bonchev–Trinajstić information content (AvgIpc) is 2.29. The van der Waals surface area contributed by atoms with E-state index in [9.17, 15) is 0 Å². The maximum Gasteiger partial charge on any atom is 0.0369 e. The predicted molar refractivity (Wildman–Crippen MR) is 69.4 cm³/mol. The fourth-order valence-corrected chi connectivity index (χ4v) is 2.68. The van der Waals surface area contributed by atoms with Gasteiger partial charge in [-0.25, -0.2) is 0 Å². The first-order valence-electron chi connectivity index (χ1n) is 5.17. The van der Waals surface area contributed by atoms with E-state index < -0.39 is 0 Å². The number of allylic oxidation sites excluding steroid dienone is 1. The molecule has 1 heteroatoms. The molecule has 0 spiro atoms. The van der Waals surface area contributed by atoms with Crippen molar-refractivity contribution in [3.05, 3.63) is 53.6 Å². The number of benzene rings is 2. The third-order valence-electron chi connectivity index (χ3n) is 2.96. The zero-order chi connectivity index (χ0) is 10.3. The highest BCUT2D eigenvalue weighted by Crippen LogP contribution is 2.29. The molecule has 0 nitrogen and oxygen atoms in total. The van der Waals surface area contributed by atoms with E-state index in [1.54, 1.807) is 0 Å². The maximum absolute atomic E-state index is 3.66. The van der Waals surface area contributed by atoms with Gasteiger partial charge in [0.25, 0.3) is 0 Å². The number of fused-ring (bicyclic) bond motifs is 3. The summed E-state index contributed by atoms with van der Waals surface area (Å²) in [6.07, 6.45) is 5.52. The number of hydrogen-bond donors (Lipinski definition) is 0. The normalized spacial score (nSPS) is 19.1. The molecule has 1 atom stereocenters. The van der Waals surface area contributed by atoms with Gasteiger partial charge in [0.05, 0.1) is 0 Å². The molecule has 0 saturated carbocycles. The van der Waals surface area contributed by atoms with Crippen LogP contribution < -0.4 is 0 Å². The molecule has 0 radical (unpaired) electrons. The predicted octanol–water partition coefficient (Wildman–Crippen LogP) is 4.17. The van der Waals surface area contributed by atoms with Crippen molar-refractivity contribution in [1.82, 2.24) is 0 Å². The van der Waals surface area contributed by atoms with Crippen LogP contribution in [0.15, 0.2) is 42.5 Å². The van der Waals surface area contributed by atoms with Crippen LogP contribution in [0.2, 0.25) is 0 Å². The van der Waals surface area contributed by atoms with E-state index in [4.69, 9.17) is 0 Å². The Morgan fingerprint density at radius 1 is 1.07 bits per heavy atom. The Bertz CT molecular complexity index is 540. The lowest BCUT2D eigenvalue weighted by atomic mass is 9.92. The standard InChI is InChI=1S/C14H11Br/c15-12-8-7-11-6-5-10-3-1-2-4-13(10)14(11)9-12/h1-8,12H,9H2. The van der Waals surface area contributed by atoms with Crippen LogP contribution in [0.25, 0.3) is 16.8 Å². The molecule has 0 aliphatic heterocycles. The maximum atomic E-state index is 3.66. The van der Waals surface area contributed by atoms with E-state index in [0.29, 0.717) is 4.83 Å². The first kappa shape index (κ1) is 9.17. The van der Waals surface area contributed by atoms with Crippen molar-refractivity contribution < 1.29 is 0 Å². The summed E-state index contributed by atoms with van der Waals surface area (Å²) in [4.78, 5) is 0.482. The minimum absolute atomic E-state index is 0.482. The van der Waals surface area contributed by atoms with Gasteiger partial charge in [0.2, 0.25) is 0 Å². The van der Waals surface area contributed by atoms with Gasteiger partial charge in [-0.2, -0.15) is 0 Å². The van der Waals surface area contributed by atoms with Crippen molar-refractivity contribution in [2.24, 2.45) is 0 Å². The summed E-state index contributed by atoms with van der Waals surface area (Å²) in [5.41, 5.74) is 2.84. The molecule has 74 valence electrons. The summed E-state index contributed by atoms with van der Waals surface area (Å²) in [5, 5.41) is 2.73. The lowest BCUT2D eigenvalue weighted by Gasteiger charge is -2.16. The second-order valence-electron chi connectivity index (χ2n) is 3.93. The van der Waals surface area contributed by atoms with Crippen molar-refractivity contribution in [3.63, 3.8) is 0 Å². The third-order valence-corrected chi connectivity index (χ3v) is 3.59. The van der Waals surface area contributed by atoms with E-state index in [2.05, 4.69) is 64.5 Å². The third kappa shape index (κ3) is 1.51. The molecule has 2 aromatic rings. The molecule has 15 heavy (non-hydrogen) atoms. The van der Waals surface area contributed by atoms with Crippen LogP contribution in [0.3, 0.4) is 0 Å². The van der Waals surface area contributed by atoms with Crippen LogP contribution in [0, 0.1) is 0 Å². The molecule has 1 aliphatic carbocycles. The Kier molecular flexibility index (Phi) is 2.14. The van der Waals surface area contributed by atoms with E-state index >= 15 is 0 Å². The first-order valence-corrected chi connectivity index (χ1v) is 6.09. The molecule has 0 heterocycles. The van der Waals surface area contributed by atoms with Crippen LogP contribution in [0.1, 0.15) is 11.1 Å². The second-order valence-corrected chi connectivity index (χ2v) is 5.11. The number of rotatable bonds is 0. The molecule has 2 aromatic carbocycles. The lowest BCUT2D eigenvalue weighted by Crippen LogP contribution is -2.05. The van der Waals surface area contributed by atoms with Crippen LogP contribution >= 0.6 is 15.9 Å². The molecule has 0 saturated heterocycles. The molecule has 0 amide bonds. The molecular formula is C14H11Br. The Morgan fingerprint density at radius 2 is 1.93 bits per heavy atom. The molecule has 0 N–H and O–H groups in total. The van der Waals surface area contributed by atoms with Crippen molar-refractivity contribution in [3.8, 4) is 0 Å². The number of hydrogen-bond acceptors (Lipinski definition) is 0. The smallest absolute Gasteiger partial charge is 0.0369 e. The Labute approximate surface area is 97.7 Å².